The largest absolute Gasteiger partial charge is 0.353 e. The zero-order chi connectivity index (χ0) is 13.5. The maximum atomic E-state index is 11.3. The van der Waals surface area contributed by atoms with Crippen molar-refractivity contribution >= 4 is 21.8 Å². The molecule has 0 aliphatic carbocycles. The van der Waals surface area contributed by atoms with Gasteiger partial charge in [-0.3, -0.25) is 9.59 Å². The van der Waals surface area contributed by atoms with Gasteiger partial charge in [0, 0.05) is 20.6 Å². The fraction of sp³-hybridized carbons (Fsp3) is 0.750. The van der Waals surface area contributed by atoms with Crippen LogP contribution >= 0.6 is 0 Å². The van der Waals surface area contributed by atoms with Gasteiger partial charge in [-0.1, -0.05) is 0 Å². The fourth-order valence-electron chi connectivity index (χ4n) is 0.816. The number of nitrogens with one attached hydrogen (secondary N) is 2. The van der Waals surface area contributed by atoms with E-state index < -0.39 is 21.8 Å². The van der Waals surface area contributed by atoms with Crippen LogP contribution in [0.1, 0.15) is 0 Å². The van der Waals surface area contributed by atoms with Crippen LogP contribution in [0.5, 0.6) is 0 Å². The number of hydrogen-bond acceptors (Lipinski definition) is 5. The second-order valence-corrected chi connectivity index (χ2v) is 5.73. The Balaban J connectivity index is 3.83. The van der Waals surface area contributed by atoms with E-state index in [1.54, 1.807) is 0 Å². The predicted molar refractivity (Wildman–Crippen MR) is 62.5 cm³/mol. The van der Waals surface area contributed by atoms with Crippen LogP contribution in [-0.4, -0.2) is 64.0 Å². The van der Waals surface area contributed by atoms with Crippen molar-refractivity contribution in [2.24, 2.45) is 5.73 Å². The lowest BCUT2D eigenvalue weighted by Gasteiger charge is -2.11. The lowest BCUT2D eigenvalue weighted by molar-refractivity contribution is -0.125. The minimum Gasteiger partial charge on any atom is -0.353 e. The smallest absolute Gasteiger partial charge is 0.239 e. The van der Waals surface area contributed by atoms with Crippen molar-refractivity contribution in [2.45, 2.75) is 0 Å². The standard InChI is InChI=1S/C8H18N4O4S/c1-12(2)17(15,16)4-3-10-8(14)6-11-7(13)5-9/h3-6,9H2,1-2H3,(H,10,14)(H,11,13). The summed E-state index contributed by atoms with van der Waals surface area (Å²) in [6.45, 7) is -0.405. The van der Waals surface area contributed by atoms with E-state index in [9.17, 15) is 18.0 Å². The number of amides is 2. The molecule has 100 valence electrons. The SMILES string of the molecule is CN(C)S(=O)(=O)CCNC(=O)CNC(=O)CN. The molecular formula is C8H18N4O4S. The molecule has 0 atom stereocenters. The van der Waals surface area contributed by atoms with Gasteiger partial charge in [0.1, 0.15) is 0 Å². The zero-order valence-electron chi connectivity index (χ0n) is 9.89. The molecule has 0 aromatic heterocycles. The monoisotopic (exact) mass is 266 g/mol. The molecule has 9 heteroatoms. The molecular weight excluding hydrogens is 248 g/mol. The molecule has 4 N–H and O–H groups in total. The molecule has 0 fully saturated rings. The molecule has 0 radical (unpaired) electrons. The van der Waals surface area contributed by atoms with E-state index in [-0.39, 0.29) is 25.4 Å². The van der Waals surface area contributed by atoms with Crippen LogP contribution < -0.4 is 16.4 Å². The Morgan fingerprint density at radius 1 is 1.18 bits per heavy atom. The lowest BCUT2D eigenvalue weighted by Crippen LogP contribution is -2.41. The van der Waals surface area contributed by atoms with Gasteiger partial charge >= 0.3 is 0 Å². The first-order valence-corrected chi connectivity index (χ1v) is 6.54. The highest BCUT2D eigenvalue weighted by molar-refractivity contribution is 7.89. The van der Waals surface area contributed by atoms with Crippen molar-refractivity contribution in [3.63, 3.8) is 0 Å². The third kappa shape index (κ3) is 6.87. The minimum atomic E-state index is -3.32. The third-order valence-corrected chi connectivity index (χ3v) is 3.70. The zero-order valence-corrected chi connectivity index (χ0v) is 10.7. The highest BCUT2D eigenvalue weighted by atomic mass is 32.2. The molecule has 0 aromatic rings. The summed E-state index contributed by atoms with van der Waals surface area (Å²) in [5, 5.41) is 4.64. The van der Waals surface area contributed by atoms with Crippen LogP contribution in [0.4, 0.5) is 0 Å². The van der Waals surface area contributed by atoms with Gasteiger partial charge in [0.15, 0.2) is 0 Å². The van der Waals surface area contributed by atoms with Crippen molar-refractivity contribution in [1.29, 1.82) is 0 Å². The van der Waals surface area contributed by atoms with Gasteiger partial charge in [0.2, 0.25) is 21.8 Å². The number of nitrogens with zero attached hydrogens (tertiary/aromatic N) is 1. The van der Waals surface area contributed by atoms with Gasteiger partial charge in [0.25, 0.3) is 0 Å². The van der Waals surface area contributed by atoms with Crippen molar-refractivity contribution < 1.29 is 18.0 Å². The number of rotatable bonds is 7. The Labute approximate surface area is 101 Å². The second kappa shape index (κ2) is 7.20. The highest BCUT2D eigenvalue weighted by Crippen LogP contribution is 1.91. The first-order valence-electron chi connectivity index (χ1n) is 4.93. The maximum absolute atomic E-state index is 11.3. The lowest BCUT2D eigenvalue weighted by atomic mass is 10.5. The van der Waals surface area contributed by atoms with Gasteiger partial charge in [-0.05, 0) is 0 Å². The third-order valence-electron chi connectivity index (χ3n) is 1.87. The van der Waals surface area contributed by atoms with E-state index in [0.717, 1.165) is 4.31 Å². The first-order chi connectivity index (χ1) is 7.79. The van der Waals surface area contributed by atoms with Crippen LogP contribution in [0.25, 0.3) is 0 Å². The van der Waals surface area contributed by atoms with E-state index >= 15 is 0 Å². The summed E-state index contributed by atoms with van der Waals surface area (Å²) in [7, 11) is -0.488. The quantitative estimate of drug-likeness (QED) is 0.455. The molecule has 0 saturated heterocycles. The van der Waals surface area contributed by atoms with Crippen molar-refractivity contribution in [2.75, 3.05) is 39.5 Å². The molecule has 0 rings (SSSR count). The van der Waals surface area contributed by atoms with Crippen molar-refractivity contribution in [3.05, 3.63) is 0 Å². The Hall–Kier alpha value is -1.19. The number of nitrogens with two attached hydrogens (primary N) is 1. The fourth-order valence-corrected chi connectivity index (χ4v) is 1.54. The Kier molecular flexibility index (Phi) is 6.69. The summed E-state index contributed by atoms with van der Waals surface area (Å²) in [6.07, 6.45) is 0. The predicted octanol–water partition coefficient (Wildman–Crippen LogP) is -2.93. The second-order valence-electron chi connectivity index (χ2n) is 3.43. The van der Waals surface area contributed by atoms with Gasteiger partial charge < -0.3 is 16.4 Å². The molecule has 17 heavy (non-hydrogen) atoms. The molecule has 0 heterocycles. The molecule has 0 unspecified atom stereocenters. The van der Waals surface area contributed by atoms with Crippen LogP contribution in [0.2, 0.25) is 0 Å². The molecule has 0 spiro atoms. The number of sulfonamides is 1. The Morgan fingerprint density at radius 2 is 1.76 bits per heavy atom. The van der Waals surface area contributed by atoms with Crippen LogP contribution in [-0.2, 0) is 19.6 Å². The molecule has 0 bridgehead atoms. The summed E-state index contributed by atoms with van der Waals surface area (Å²) in [5.41, 5.74) is 5.02. The first kappa shape index (κ1) is 15.8. The van der Waals surface area contributed by atoms with E-state index in [2.05, 4.69) is 10.6 Å². The van der Waals surface area contributed by atoms with Gasteiger partial charge in [0.05, 0.1) is 18.8 Å². The summed E-state index contributed by atoms with van der Waals surface area (Å²) >= 11 is 0. The number of hydrogen-bond donors (Lipinski definition) is 3. The van der Waals surface area contributed by atoms with Gasteiger partial charge in [-0.2, -0.15) is 0 Å². The Morgan fingerprint density at radius 3 is 2.24 bits per heavy atom. The molecule has 0 aliphatic rings. The van der Waals surface area contributed by atoms with E-state index in [1.165, 1.54) is 14.1 Å². The topological polar surface area (TPSA) is 122 Å². The number of carbonyl (C=O) groups excluding carboxylic acids is 2. The highest BCUT2D eigenvalue weighted by Gasteiger charge is 2.13. The average Bonchev–Trinajstić information content (AvgIpc) is 2.25. The molecule has 0 saturated carbocycles. The summed E-state index contributed by atoms with van der Waals surface area (Å²) in [4.78, 5) is 21.9. The molecule has 0 aromatic carbocycles. The van der Waals surface area contributed by atoms with E-state index in [1.807, 2.05) is 0 Å². The van der Waals surface area contributed by atoms with E-state index in [4.69, 9.17) is 5.73 Å². The summed E-state index contributed by atoms with van der Waals surface area (Å²) in [5.74, 6) is -1.09. The van der Waals surface area contributed by atoms with Crippen LogP contribution in [0, 0.1) is 0 Å². The normalized spacial score (nSPS) is 11.3. The Bertz CT molecular complexity index is 366. The van der Waals surface area contributed by atoms with Crippen molar-refractivity contribution in [1.82, 2.24) is 14.9 Å². The average molecular weight is 266 g/mol. The van der Waals surface area contributed by atoms with Gasteiger partial charge in [-0.25, -0.2) is 12.7 Å². The van der Waals surface area contributed by atoms with Gasteiger partial charge in [-0.15, -0.1) is 0 Å². The van der Waals surface area contributed by atoms with Crippen LogP contribution in [0.15, 0.2) is 0 Å². The maximum Gasteiger partial charge on any atom is 0.239 e. The van der Waals surface area contributed by atoms with Crippen molar-refractivity contribution in [3.8, 4) is 0 Å². The molecule has 8 nitrogen and oxygen atoms in total. The molecule has 2 amide bonds. The minimum absolute atomic E-state index is 0.00214. The summed E-state index contributed by atoms with van der Waals surface area (Å²) in [6, 6.07) is 0. The molecule has 0 aliphatic heterocycles. The number of carbonyl (C=O) groups is 2. The van der Waals surface area contributed by atoms with Crippen LogP contribution in [0.3, 0.4) is 0 Å². The summed E-state index contributed by atoms with van der Waals surface area (Å²) < 4.78 is 23.7. The van der Waals surface area contributed by atoms with E-state index in [0.29, 0.717) is 0 Å².